The Labute approximate surface area is 80.9 Å². The molecule has 1 aliphatic carbocycles. The van der Waals surface area contributed by atoms with Gasteiger partial charge in [0.05, 0.1) is 0 Å². The number of hydrogen-bond donors (Lipinski definition) is 0. The minimum Gasteiger partial charge on any atom is -0.304 e. The van der Waals surface area contributed by atoms with Crippen LogP contribution in [0.3, 0.4) is 0 Å². The molecule has 2 saturated heterocycles. The Morgan fingerprint density at radius 1 is 1.15 bits per heavy atom. The van der Waals surface area contributed by atoms with Crippen LogP contribution in [0.2, 0.25) is 0 Å². The van der Waals surface area contributed by atoms with Gasteiger partial charge in [0.1, 0.15) is 0 Å². The third-order valence-electron chi connectivity index (χ3n) is 4.03. The van der Waals surface area contributed by atoms with Crippen molar-refractivity contribution in [2.75, 3.05) is 33.2 Å². The summed E-state index contributed by atoms with van der Waals surface area (Å²) < 4.78 is 0. The van der Waals surface area contributed by atoms with E-state index < -0.39 is 0 Å². The predicted molar refractivity (Wildman–Crippen MR) is 53.7 cm³/mol. The minimum absolute atomic E-state index is 0.922. The molecule has 2 nitrogen and oxygen atoms in total. The van der Waals surface area contributed by atoms with E-state index in [0.29, 0.717) is 0 Å². The number of likely N-dealkylation sites (tertiary alicyclic amines) is 2. The summed E-state index contributed by atoms with van der Waals surface area (Å²) >= 11 is 0. The second-order valence-electron chi connectivity index (χ2n) is 5.28. The molecule has 0 amide bonds. The molecule has 3 aliphatic rings. The summed E-state index contributed by atoms with van der Waals surface area (Å²) in [6.07, 6.45) is 4.47. The number of nitrogens with zero attached hydrogens (tertiary/aromatic N) is 2. The molecule has 2 unspecified atom stereocenters. The summed E-state index contributed by atoms with van der Waals surface area (Å²) in [5.41, 5.74) is 0. The Morgan fingerprint density at radius 2 is 2.00 bits per heavy atom. The van der Waals surface area contributed by atoms with Crippen molar-refractivity contribution >= 4 is 0 Å². The number of rotatable bonds is 2. The van der Waals surface area contributed by atoms with Crippen LogP contribution in [0, 0.1) is 11.8 Å². The van der Waals surface area contributed by atoms with E-state index in [9.17, 15) is 0 Å². The maximum absolute atomic E-state index is 2.77. The second kappa shape index (κ2) is 2.96. The highest BCUT2D eigenvalue weighted by Gasteiger charge is 2.41. The summed E-state index contributed by atoms with van der Waals surface area (Å²) in [7, 11) is 2.27. The topological polar surface area (TPSA) is 6.48 Å². The average molecular weight is 180 g/mol. The summed E-state index contributed by atoms with van der Waals surface area (Å²) in [6, 6.07) is 0.922. The van der Waals surface area contributed by atoms with Gasteiger partial charge in [-0.1, -0.05) is 0 Å². The smallest absolute Gasteiger partial charge is 0.0264 e. The van der Waals surface area contributed by atoms with Gasteiger partial charge in [0.15, 0.2) is 0 Å². The lowest BCUT2D eigenvalue weighted by molar-refractivity contribution is 0.227. The van der Waals surface area contributed by atoms with E-state index in [2.05, 4.69) is 16.8 Å². The van der Waals surface area contributed by atoms with Gasteiger partial charge in [-0.05, 0) is 44.7 Å². The summed E-state index contributed by atoms with van der Waals surface area (Å²) in [4.78, 5) is 5.28. The van der Waals surface area contributed by atoms with Crippen LogP contribution in [0.15, 0.2) is 0 Å². The van der Waals surface area contributed by atoms with E-state index in [1.807, 2.05) is 0 Å². The molecule has 2 heteroatoms. The van der Waals surface area contributed by atoms with Crippen LogP contribution in [0.5, 0.6) is 0 Å². The molecule has 3 rings (SSSR count). The number of likely N-dealkylation sites (N-methyl/N-ethyl adjacent to an activating group) is 1. The van der Waals surface area contributed by atoms with Crippen molar-refractivity contribution in [1.82, 2.24) is 9.80 Å². The molecular weight excluding hydrogens is 160 g/mol. The first kappa shape index (κ1) is 8.25. The Morgan fingerprint density at radius 3 is 2.77 bits per heavy atom. The molecule has 0 aromatic carbocycles. The van der Waals surface area contributed by atoms with Crippen molar-refractivity contribution in [1.29, 1.82) is 0 Å². The zero-order chi connectivity index (χ0) is 8.84. The Hall–Kier alpha value is -0.0800. The standard InChI is InChI=1S/C11H20N2/c1-12-7-10-4-5-13(11(10)8-12)6-9-2-3-9/h9-11H,2-8H2,1H3. The zero-order valence-corrected chi connectivity index (χ0v) is 8.58. The number of hydrogen-bond acceptors (Lipinski definition) is 2. The van der Waals surface area contributed by atoms with Crippen LogP contribution >= 0.6 is 0 Å². The van der Waals surface area contributed by atoms with Gasteiger partial charge >= 0.3 is 0 Å². The van der Waals surface area contributed by atoms with Crippen LogP contribution in [0.25, 0.3) is 0 Å². The molecule has 0 aromatic heterocycles. The lowest BCUT2D eigenvalue weighted by Crippen LogP contribution is -2.35. The third kappa shape index (κ3) is 1.50. The summed E-state index contributed by atoms with van der Waals surface area (Å²) in [5, 5.41) is 0. The Balaban J connectivity index is 1.63. The molecule has 0 aromatic rings. The van der Waals surface area contributed by atoms with E-state index in [-0.39, 0.29) is 0 Å². The van der Waals surface area contributed by atoms with Crippen molar-refractivity contribution in [2.24, 2.45) is 11.8 Å². The first-order valence-electron chi connectivity index (χ1n) is 5.75. The lowest BCUT2D eigenvalue weighted by Gasteiger charge is -2.23. The maximum Gasteiger partial charge on any atom is 0.0264 e. The highest BCUT2D eigenvalue weighted by atomic mass is 15.3. The van der Waals surface area contributed by atoms with Crippen molar-refractivity contribution in [3.8, 4) is 0 Å². The van der Waals surface area contributed by atoms with Gasteiger partial charge in [0.2, 0.25) is 0 Å². The first-order chi connectivity index (χ1) is 6.33. The van der Waals surface area contributed by atoms with Crippen LogP contribution < -0.4 is 0 Å². The molecule has 74 valence electrons. The number of fused-ring (bicyclic) bond motifs is 1. The molecule has 2 aliphatic heterocycles. The fourth-order valence-electron chi connectivity index (χ4n) is 3.12. The van der Waals surface area contributed by atoms with Crippen molar-refractivity contribution in [3.05, 3.63) is 0 Å². The normalized spacial score (nSPS) is 41.3. The molecular formula is C11H20N2. The van der Waals surface area contributed by atoms with Crippen LogP contribution in [0.1, 0.15) is 19.3 Å². The molecule has 2 atom stereocenters. The van der Waals surface area contributed by atoms with E-state index >= 15 is 0 Å². The molecule has 0 spiro atoms. The fourth-order valence-corrected chi connectivity index (χ4v) is 3.12. The van der Waals surface area contributed by atoms with E-state index in [4.69, 9.17) is 0 Å². The van der Waals surface area contributed by atoms with Gasteiger partial charge in [-0.25, -0.2) is 0 Å². The quantitative estimate of drug-likeness (QED) is 0.626. The van der Waals surface area contributed by atoms with Crippen LogP contribution in [0.4, 0.5) is 0 Å². The fraction of sp³-hybridized carbons (Fsp3) is 1.00. The Bertz CT molecular complexity index is 200. The molecule has 0 N–H and O–H groups in total. The van der Waals surface area contributed by atoms with Gasteiger partial charge in [0, 0.05) is 25.7 Å². The first-order valence-corrected chi connectivity index (χ1v) is 5.75. The molecule has 3 fully saturated rings. The van der Waals surface area contributed by atoms with Gasteiger partial charge in [0.25, 0.3) is 0 Å². The van der Waals surface area contributed by atoms with Crippen molar-refractivity contribution in [2.45, 2.75) is 25.3 Å². The van der Waals surface area contributed by atoms with Gasteiger partial charge in [-0.2, -0.15) is 0 Å². The zero-order valence-electron chi connectivity index (χ0n) is 8.58. The van der Waals surface area contributed by atoms with Crippen LogP contribution in [-0.2, 0) is 0 Å². The summed E-state index contributed by atoms with van der Waals surface area (Å²) in [6.45, 7) is 5.48. The average Bonchev–Trinajstić information content (AvgIpc) is 2.73. The highest BCUT2D eigenvalue weighted by molar-refractivity contribution is 4.96. The van der Waals surface area contributed by atoms with E-state index in [1.54, 1.807) is 0 Å². The van der Waals surface area contributed by atoms with Crippen LogP contribution in [-0.4, -0.2) is 49.1 Å². The minimum atomic E-state index is 0.922. The largest absolute Gasteiger partial charge is 0.304 e. The molecule has 13 heavy (non-hydrogen) atoms. The van der Waals surface area contributed by atoms with Gasteiger partial charge in [-0.3, -0.25) is 4.90 Å². The van der Waals surface area contributed by atoms with E-state index in [0.717, 1.165) is 17.9 Å². The SMILES string of the molecule is CN1CC2CCN(CC3CC3)C2C1. The molecule has 1 saturated carbocycles. The maximum atomic E-state index is 2.77. The Kier molecular flexibility index (Phi) is 1.88. The second-order valence-corrected chi connectivity index (χ2v) is 5.28. The predicted octanol–water partition coefficient (Wildman–Crippen LogP) is 1.03. The van der Waals surface area contributed by atoms with Crippen molar-refractivity contribution < 1.29 is 0 Å². The monoisotopic (exact) mass is 180 g/mol. The van der Waals surface area contributed by atoms with Crippen molar-refractivity contribution in [3.63, 3.8) is 0 Å². The molecule has 2 heterocycles. The lowest BCUT2D eigenvalue weighted by atomic mass is 10.1. The molecule has 0 radical (unpaired) electrons. The summed E-state index contributed by atoms with van der Waals surface area (Å²) in [5.74, 6) is 2.08. The highest BCUT2D eigenvalue weighted by Crippen LogP contribution is 2.36. The third-order valence-corrected chi connectivity index (χ3v) is 4.03. The van der Waals surface area contributed by atoms with Gasteiger partial charge < -0.3 is 4.90 Å². The molecule has 0 bridgehead atoms. The van der Waals surface area contributed by atoms with E-state index in [1.165, 1.54) is 45.4 Å². The van der Waals surface area contributed by atoms with Gasteiger partial charge in [-0.15, -0.1) is 0 Å².